The number of thiophene rings is 1. The van der Waals surface area contributed by atoms with Crippen LogP contribution in [0.1, 0.15) is 61.5 Å². The van der Waals surface area contributed by atoms with Gasteiger partial charge in [-0.05, 0) is 72.5 Å². The van der Waals surface area contributed by atoms with Crippen LogP contribution < -0.4 is 14.2 Å². The van der Waals surface area contributed by atoms with Crippen molar-refractivity contribution in [1.82, 2.24) is 0 Å². The van der Waals surface area contributed by atoms with Gasteiger partial charge in [-0.15, -0.1) is 11.3 Å². The summed E-state index contributed by atoms with van der Waals surface area (Å²) in [5, 5.41) is 1.33. The van der Waals surface area contributed by atoms with Gasteiger partial charge in [0.1, 0.15) is 5.75 Å². The van der Waals surface area contributed by atoms with E-state index in [1.165, 1.54) is 33.4 Å². The smallest absolute Gasteiger partial charge is 0.310 e. The lowest BCUT2D eigenvalue weighted by Gasteiger charge is -2.18. The van der Waals surface area contributed by atoms with Crippen molar-refractivity contribution in [2.24, 2.45) is 0 Å². The molecule has 3 aromatic rings. The number of hydrogen-bond acceptors (Lipinski definition) is 6. The van der Waals surface area contributed by atoms with Gasteiger partial charge in [0.2, 0.25) is 0 Å². The molecule has 0 fully saturated rings. The van der Waals surface area contributed by atoms with Crippen LogP contribution >= 0.6 is 33.9 Å². The van der Waals surface area contributed by atoms with Crippen molar-refractivity contribution >= 4 is 50.0 Å². The van der Waals surface area contributed by atoms with E-state index in [9.17, 15) is 4.79 Å². The highest BCUT2D eigenvalue weighted by Gasteiger charge is 2.21. The van der Waals surface area contributed by atoms with Crippen LogP contribution in [0.3, 0.4) is 0 Å². The van der Waals surface area contributed by atoms with Gasteiger partial charge < -0.3 is 18.9 Å². The maximum atomic E-state index is 11.8. The fraction of sp³-hybridized carbons (Fsp3) is 0.464. The summed E-state index contributed by atoms with van der Waals surface area (Å²) in [5.74, 6) is 2.44. The van der Waals surface area contributed by atoms with Gasteiger partial charge in [0.25, 0.3) is 0 Å². The van der Waals surface area contributed by atoms with Crippen LogP contribution in [-0.4, -0.2) is 33.4 Å². The van der Waals surface area contributed by atoms with E-state index in [1.54, 1.807) is 14.2 Å². The minimum absolute atomic E-state index is 0.222. The van der Waals surface area contributed by atoms with Gasteiger partial charge in [0, 0.05) is 14.0 Å². The minimum atomic E-state index is -0.242. The molecule has 35 heavy (non-hydrogen) atoms. The molecule has 1 aromatic heterocycles. The average Bonchev–Trinajstić information content (AvgIpc) is 3.24. The predicted molar refractivity (Wildman–Crippen MR) is 152 cm³/mol. The molecule has 2 aromatic carbocycles. The Morgan fingerprint density at radius 2 is 1.86 bits per heavy atom. The van der Waals surface area contributed by atoms with Crippen LogP contribution in [0, 0.1) is 0 Å². The Balaban J connectivity index is 1.75. The van der Waals surface area contributed by atoms with Gasteiger partial charge in [-0.1, -0.05) is 48.4 Å². The Morgan fingerprint density at radius 3 is 2.54 bits per heavy atom. The molecule has 0 N–H and O–H groups in total. The fourth-order valence-corrected chi connectivity index (χ4v) is 6.73. The predicted octanol–water partition coefficient (Wildman–Crippen LogP) is 7.70. The summed E-state index contributed by atoms with van der Waals surface area (Å²) in [5.41, 5.74) is 2.29. The van der Waals surface area contributed by atoms with E-state index >= 15 is 0 Å². The number of alkyl halides is 1. The van der Waals surface area contributed by atoms with Gasteiger partial charge >= 0.3 is 5.97 Å². The molecule has 0 amide bonds. The molecule has 190 valence electrons. The van der Waals surface area contributed by atoms with Crippen molar-refractivity contribution in [2.75, 3.05) is 27.4 Å². The van der Waals surface area contributed by atoms with E-state index < -0.39 is 0 Å². The largest absolute Gasteiger partial charge is 0.497 e. The molecule has 1 unspecified atom stereocenters. The summed E-state index contributed by atoms with van der Waals surface area (Å²) in [6, 6.07) is 12.0. The number of ether oxygens (including phenoxy) is 4. The SMILES string of the molecule is CCCCC(CCOc1ccc(CC(=O)OCC)cc1OC)c1sc2cc(OC)ccc2c1CI. The first-order valence-corrected chi connectivity index (χ1v) is 14.5. The molecule has 0 radical (unpaired) electrons. The van der Waals surface area contributed by atoms with E-state index in [0.717, 1.165) is 28.6 Å². The molecule has 0 aliphatic rings. The van der Waals surface area contributed by atoms with E-state index in [4.69, 9.17) is 18.9 Å². The molecule has 1 heterocycles. The molecule has 3 rings (SSSR count). The molecule has 0 saturated heterocycles. The Morgan fingerprint density at radius 1 is 1.03 bits per heavy atom. The Kier molecular flexibility index (Phi) is 11.0. The van der Waals surface area contributed by atoms with Crippen molar-refractivity contribution in [1.29, 1.82) is 0 Å². The third kappa shape index (κ3) is 7.26. The van der Waals surface area contributed by atoms with Crippen molar-refractivity contribution < 1.29 is 23.7 Å². The number of fused-ring (bicyclic) bond motifs is 1. The summed E-state index contributed by atoms with van der Waals surface area (Å²) in [4.78, 5) is 13.3. The summed E-state index contributed by atoms with van der Waals surface area (Å²) in [6.07, 6.45) is 4.66. The normalized spacial score (nSPS) is 11.9. The second kappa shape index (κ2) is 13.9. The zero-order chi connectivity index (χ0) is 25.2. The van der Waals surface area contributed by atoms with Crippen molar-refractivity contribution in [3.63, 3.8) is 0 Å². The van der Waals surface area contributed by atoms with Gasteiger partial charge in [-0.2, -0.15) is 0 Å². The first kappa shape index (κ1) is 27.6. The lowest BCUT2D eigenvalue weighted by atomic mass is 9.94. The van der Waals surface area contributed by atoms with Gasteiger partial charge in [0.15, 0.2) is 11.5 Å². The van der Waals surface area contributed by atoms with Crippen molar-refractivity contribution in [3.05, 3.63) is 52.4 Å². The highest BCUT2D eigenvalue weighted by Crippen LogP contribution is 2.42. The second-order valence-electron chi connectivity index (χ2n) is 8.38. The number of esters is 1. The number of benzene rings is 2. The number of carbonyl (C=O) groups is 1. The van der Waals surface area contributed by atoms with Crippen molar-refractivity contribution in [2.45, 2.75) is 56.3 Å². The van der Waals surface area contributed by atoms with E-state index in [2.05, 4.69) is 47.7 Å². The van der Waals surface area contributed by atoms with Crippen LogP contribution in [0.2, 0.25) is 0 Å². The molecular weight excluding hydrogens is 575 g/mol. The van der Waals surface area contributed by atoms with Crippen molar-refractivity contribution in [3.8, 4) is 17.2 Å². The lowest BCUT2D eigenvalue weighted by Crippen LogP contribution is -2.09. The highest BCUT2D eigenvalue weighted by atomic mass is 127. The Labute approximate surface area is 226 Å². The zero-order valence-electron chi connectivity index (χ0n) is 21.0. The van der Waals surface area contributed by atoms with Gasteiger partial charge in [-0.3, -0.25) is 4.79 Å². The van der Waals surface area contributed by atoms with Crippen LogP contribution in [-0.2, 0) is 20.4 Å². The number of carbonyl (C=O) groups excluding carboxylic acids is 1. The molecule has 7 heteroatoms. The number of halogens is 1. The number of methoxy groups -OCH3 is 2. The van der Waals surface area contributed by atoms with Gasteiger partial charge in [-0.25, -0.2) is 0 Å². The Hall–Kier alpha value is -2.00. The molecule has 0 bridgehead atoms. The summed E-state index contributed by atoms with van der Waals surface area (Å²) >= 11 is 4.37. The maximum absolute atomic E-state index is 11.8. The topological polar surface area (TPSA) is 54.0 Å². The summed E-state index contributed by atoms with van der Waals surface area (Å²) in [6.45, 7) is 5.02. The molecular formula is C28H35IO5S. The van der Waals surface area contributed by atoms with E-state index in [0.29, 0.717) is 30.6 Å². The second-order valence-corrected chi connectivity index (χ2v) is 10.2. The quantitative estimate of drug-likeness (QED) is 0.106. The molecule has 0 aliphatic carbocycles. The van der Waals surface area contributed by atoms with Crippen LogP contribution in [0.5, 0.6) is 17.2 Å². The number of rotatable bonds is 14. The minimum Gasteiger partial charge on any atom is -0.497 e. The monoisotopic (exact) mass is 610 g/mol. The first-order valence-electron chi connectivity index (χ1n) is 12.1. The standard InChI is InChI=1S/C28H35IO5S/c1-5-7-8-20(28-23(18-29)22-11-10-21(31-3)17-26(22)35-28)13-14-34-24-12-9-19(15-25(24)32-4)16-27(30)33-6-2/h9-12,15,17,20H,5-8,13-14,16,18H2,1-4H3. The third-order valence-corrected chi connectivity index (χ3v) is 8.17. The van der Waals surface area contributed by atoms with E-state index in [1.807, 2.05) is 36.5 Å². The molecule has 0 saturated carbocycles. The first-order chi connectivity index (χ1) is 17.0. The Bertz CT molecular complexity index is 1110. The number of hydrogen-bond donors (Lipinski definition) is 0. The highest BCUT2D eigenvalue weighted by molar-refractivity contribution is 14.1. The molecule has 1 atom stereocenters. The fourth-order valence-electron chi connectivity index (χ4n) is 4.23. The van der Waals surface area contributed by atoms with Crippen LogP contribution in [0.15, 0.2) is 36.4 Å². The maximum Gasteiger partial charge on any atom is 0.310 e. The molecule has 0 spiro atoms. The average molecular weight is 611 g/mol. The zero-order valence-corrected chi connectivity index (χ0v) is 24.0. The van der Waals surface area contributed by atoms with E-state index in [-0.39, 0.29) is 12.4 Å². The van der Waals surface area contributed by atoms with Crippen LogP contribution in [0.4, 0.5) is 0 Å². The van der Waals surface area contributed by atoms with Gasteiger partial charge in [0.05, 0.1) is 33.9 Å². The molecule has 0 aliphatic heterocycles. The molecule has 5 nitrogen and oxygen atoms in total. The number of unbranched alkanes of at least 4 members (excludes halogenated alkanes) is 1. The lowest BCUT2D eigenvalue weighted by molar-refractivity contribution is -0.142. The third-order valence-electron chi connectivity index (χ3n) is 6.05. The summed E-state index contributed by atoms with van der Waals surface area (Å²) < 4.78 is 24.5. The summed E-state index contributed by atoms with van der Waals surface area (Å²) in [7, 11) is 3.34. The van der Waals surface area contributed by atoms with Crippen LogP contribution in [0.25, 0.3) is 10.1 Å².